The summed E-state index contributed by atoms with van der Waals surface area (Å²) in [4.78, 5) is 11.9. The number of para-hydroxylation sites is 1. The van der Waals surface area contributed by atoms with E-state index in [1.165, 1.54) is 0 Å². The van der Waals surface area contributed by atoms with E-state index in [1.54, 1.807) is 35.1 Å². The van der Waals surface area contributed by atoms with Gasteiger partial charge in [0.2, 0.25) is 0 Å². The summed E-state index contributed by atoms with van der Waals surface area (Å²) < 4.78 is 1.59. The molecule has 1 aliphatic heterocycles. The van der Waals surface area contributed by atoms with Crippen LogP contribution in [-0.4, -0.2) is 44.8 Å². The number of aliphatic hydroxyl groups is 1. The second-order valence-electron chi connectivity index (χ2n) is 5.85. The van der Waals surface area contributed by atoms with Gasteiger partial charge in [0, 0.05) is 6.54 Å². The molecule has 0 aliphatic carbocycles. The van der Waals surface area contributed by atoms with Crippen LogP contribution in [0.1, 0.15) is 12.1 Å². The van der Waals surface area contributed by atoms with Crippen LogP contribution in [0.15, 0.2) is 30.5 Å². The SMILES string of the molecule is O=C(NCc1cn(CC2(O)CCNC2)nn1)Nc1ccccc1Cl. The number of rotatable bonds is 5. The Balaban J connectivity index is 1.50. The molecule has 8 nitrogen and oxygen atoms in total. The first kappa shape index (κ1) is 16.7. The Morgan fingerprint density at radius 1 is 1.46 bits per heavy atom. The van der Waals surface area contributed by atoms with Crippen molar-refractivity contribution in [3.8, 4) is 0 Å². The maximum Gasteiger partial charge on any atom is 0.319 e. The van der Waals surface area contributed by atoms with Crippen molar-refractivity contribution in [2.75, 3.05) is 18.4 Å². The molecule has 1 unspecified atom stereocenters. The number of hydrogen-bond acceptors (Lipinski definition) is 5. The van der Waals surface area contributed by atoms with Gasteiger partial charge in [0.1, 0.15) is 5.69 Å². The van der Waals surface area contributed by atoms with E-state index in [2.05, 4.69) is 26.3 Å². The van der Waals surface area contributed by atoms with E-state index in [0.717, 1.165) is 6.54 Å². The number of hydrogen-bond donors (Lipinski definition) is 4. The molecule has 1 saturated heterocycles. The summed E-state index contributed by atoms with van der Waals surface area (Å²) in [6.07, 6.45) is 2.40. The Labute approximate surface area is 144 Å². The largest absolute Gasteiger partial charge is 0.387 e. The molecule has 2 aromatic rings. The van der Waals surface area contributed by atoms with Crippen LogP contribution in [0.25, 0.3) is 0 Å². The van der Waals surface area contributed by atoms with Crippen molar-refractivity contribution < 1.29 is 9.90 Å². The summed E-state index contributed by atoms with van der Waals surface area (Å²) in [6.45, 7) is 1.94. The number of nitrogens with zero attached hydrogens (tertiary/aromatic N) is 3. The van der Waals surface area contributed by atoms with Crippen molar-refractivity contribution in [2.45, 2.75) is 25.1 Å². The molecular formula is C15H19ClN6O2. The predicted molar refractivity (Wildman–Crippen MR) is 89.8 cm³/mol. The smallest absolute Gasteiger partial charge is 0.319 e. The Morgan fingerprint density at radius 2 is 2.29 bits per heavy atom. The lowest BCUT2D eigenvalue weighted by Crippen LogP contribution is -2.36. The van der Waals surface area contributed by atoms with Crippen molar-refractivity contribution >= 4 is 23.3 Å². The Morgan fingerprint density at radius 3 is 3.04 bits per heavy atom. The molecule has 24 heavy (non-hydrogen) atoms. The van der Waals surface area contributed by atoms with Crippen molar-refractivity contribution in [1.82, 2.24) is 25.6 Å². The topological polar surface area (TPSA) is 104 Å². The van der Waals surface area contributed by atoms with Gasteiger partial charge in [-0.15, -0.1) is 5.10 Å². The molecule has 3 rings (SSSR count). The second-order valence-corrected chi connectivity index (χ2v) is 6.25. The number of β-amino-alcohol motifs (C(OH)–C–C–N with tert-alkyl or cyclic N) is 1. The highest BCUT2D eigenvalue weighted by atomic mass is 35.5. The first-order valence-electron chi connectivity index (χ1n) is 7.66. The molecule has 0 radical (unpaired) electrons. The minimum Gasteiger partial charge on any atom is -0.387 e. The molecule has 2 amide bonds. The molecule has 1 atom stereocenters. The van der Waals surface area contributed by atoms with Crippen LogP contribution >= 0.6 is 11.6 Å². The van der Waals surface area contributed by atoms with Crippen LogP contribution in [0.2, 0.25) is 5.02 Å². The Hall–Kier alpha value is -2.16. The van der Waals surface area contributed by atoms with Gasteiger partial charge in [-0.05, 0) is 25.1 Å². The van der Waals surface area contributed by atoms with Crippen LogP contribution in [0, 0.1) is 0 Å². The minimum absolute atomic E-state index is 0.229. The third kappa shape index (κ3) is 4.22. The molecule has 4 N–H and O–H groups in total. The third-order valence-electron chi connectivity index (χ3n) is 3.82. The number of aromatic nitrogens is 3. The summed E-state index contributed by atoms with van der Waals surface area (Å²) in [7, 11) is 0. The van der Waals surface area contributed by atoms with E-state index in [4.69, 9.17) is 11.6 Å². The van der Waals surface area contributed by atoms with Gasteiger partial charge in [-0.1, -0.05) is 28.9 Å². The molecule has 2 heterocycles. The monoisotopic (exact) mass is 350 g/mol. The van der Waals surface area contributed by atoms with Gasteiger partial charge in [0.15, 0.2) is 0 Å². The summed E-state index contributed by atoms with van der Waals surface area (Å²) >= 11 is 5.99. The first-order valence-corrected chi connectivity index (χ1v) is 8.03. The third-order valence-corrected chi connectivity index (χ3v) is 4.15. The minimum atomic E-state index is -0.792. The normalized spacial score (nSPS) is 20.1. The summed E-state index contributed by atoms with van der Waals surface area (Å²) in [5, 5.41) is 27.3. The van der Waals surface area contributed by atoms with Crippen LogP contribution in [-0.2, 0) is 13.1 Å². The number of halogens is 1. The van der Waals surface area contributed by atoms with E-state index in [9.17, 15) is 9.90 Å². The molecule has 0 bridgehead atoms. The second kappa shape index (κ2) is 7.16. The van der Waals surface area contributed by atoms with Gasteiger partial charge in [0.05, 0.1) is 35.6 Å². The van der Waals surface area contributed by atoms with Crippen molar-refractivity contribution in [3.05, 3.63) is 41.2 Å². The molecule has 0 spiro atoms. The highest BCUT2D eigenvalue weighted by Gasteiger charge is 2.31. The lowest BCUT2D eigenvalue weighted by Gasteiger charge is -2.20. The molecule has 1 aromatic carbocycles. The maximum atomic E-state index is 11.9. The van der Waals surface area contributed by atoms with Crippen LogP contribution < -0.4 is 16.0 Å². The maximum absolute atomic E-state index is 11.9. The Bertz CT molecular complexity index is 713. The van der Waals surface area contributed by atoms with E-state index in [-0.39, 0.29) is 12.6 Å². The highest BCUT2D eigenvalue weighted by Crippen LogP contribution is 2.20. The molecule has 1 fully saturated rings. The Kier molecular flexibility index (Phi) is 4.98. The number of nitrogens with one attached hydrogen (secondary N) is 3. The van der Waals surface area contributed by atoms with E-state index < -0.39 is 5.60 Å². The van der Waals surface area contributed by atoms with Gasteiger partial charge in [-0.2, -0.15) is 0 Å². The van der Waals surface area contributed by atoms with Crippen molar-refractivity contribution in [1.29, 1.82) is 0 Å². The number of amides is 2. The molecule has 1 aliphatic rings. The number of carbonyl (C=O) groups excluding carboxylic acids is 1. The molecule has 128 valence electrons. The lowest BCUT2D eigenvalue weighted by atomic mass is 10.0. The quantitative estimate of drug-likeness (QED) is 0.643. The van der Waals surface area contributed by atoms with Crippen LogP contribution in [0.5, 0.6) is 0 Å². The first-order chi connectivity index (χ1) is 11.5. The molecule has 1 aromatic heterocycles. The number of carbonyl (C=O) groups is 1. The van der Waals surface area contributed by atoms with Crippen molar-refractivity contribution in [2.24, 2.45) is 0 Å². The zero-order valence-corrected chi connectivity index (χ0v) is 13.8. The van der Waals surface area contributed by atoms with Crippen molar-refractivity contribution in [3.63, 3.8) is 0 Å². The number of benzene rings is 1. The highest BCUT2D eigenvalue weighted by molar-refractivity contribution is 6.33. The zero-order valence-electron chi connectivity index (χ0n) is 13.0. The molecule has 9 heteroatoms. The lowest BCUT2D eigenvalue weighted by molar-refractivity contribution is 0.0391. The van der Waals surface area contributed by atoms with E-state index in [0.29, 0.717) is 35.9 Å². The fraction of sp³-hybridized carbons (Fsp3) is 0.400. The van der Waals surface area contributed by atoms with Gasteiger partial charge in [-0.3, -0.25) is 0 Å². The van der Waals surface area contributed by atoms with Gasteiger partial charge < -0.3 is 21.1 Å². The fourth-order valence-corrected chi connectivity index (χ4v) is 2.75. The average molecular weight is 351 g/mol. The van der Waals surface area contributed by atoms with Gasteiger partial charge in [-0.25, -0.2) is 9.48 Å². The predicted octanol–water partition coefficient (Wildman–Crippen LogP) is 0.978. The van der Waals surface area contributed by atoms with Crippen LogP contribution in [0.4, 0.5) is 10.5 Å². The number of anilines is 1. The summed E-state index contributed by atoms with van der Waals surface area (Å²) in [6, 6.07) is 6.61. The van der Waals surface area contributed by atoms with E-state index >= 15 is 0 Å². The van der Waals surface area contributed by atoms with Crippen LogP contribution in [0.3, 0.4) is 0 Å². The molecular weight excluding hydrogens is 332 g/mol. The summed E-state index contributed by atoms with van der Waals surface area (Å²) in [5.74, 6) is 0. The average Bonchev–Trinajstić information content (AvgIpc) is 3.17. The zero-order chi connectivity index (χ0) is 17.0. The number of urea groups is 1. The van der Waals surface area contributed by atoms with E-state index in [1.807, 2.05) is 0 Å². The summed E-state index contributed by atoms with van der Waals surface area (Å²) in [5.41, 5.74) is 0.356. The standard InChI is InChI=1S/C15H19ClN6O2/c16-12-3-1-2-4-13(12)19-14(23)18-7-11-8-22(21-20-11)10-15(24)5-6-17-9-15/h1-4,8,17,24H,5-7,9-10H2,(H2,18,19,23). The van der Waals surface area contributed by atoms with Gasteiger partial charge in [0.25, 0.3) is 0 Å². The molecule has 0 saturated carbocycles. The fourth-order valence-electron chi connectivity index (χ4n) is 2.56. The van der Waals surface area contributed by atoms with Gasteiger partial charge >= 0.3 is 6.03 Å².